The van der Waals surface area contributed by atoms with Gasteiger partial charge in [0.25, 0.3) is 0 Å². The standard InChI is InChI=1S/C74H120O6/c1-4-7-10-13-16-19-22-25-28-30-31-32-33-34-35-36-37-38-39-40-41-42-43-44-47-49-52-55-58-61-64-67-73(76)79-70-71(69-78-72(75)66-63-60-57-54-51-48-45-27-24-21-18-15-12-9-6-3)80-74(77)68-65-62-59-56-53-50-46-29-26-23-20-17-14-11-8-5-2/h7,9-10,12,16,18-19,21,25,27-29,31-32,34-35,37-38,45-46,51,54,60,63,71H,4-6,8,11,13-15,17,20,22-24,26,30,33,36,39-44,47-50,52-53,55-59,61-62,64-70H2,1-3H3/b10-7-,12-9-,19-16-,21-18-,28-25-,32-31-,35-34-,38-37-,45-27-,46-29-,54-51-,63-60-. The highest BCUT2D eigenvalue weighted by Crippen LogP contribution is 2.15. The first-order valence-corrected chi connectivity index (χ1v) is 32.8. The van der Waals surface area contributed by atoms with Gasteiger partial charge in [0.1, 0.15) is 13.2 Å². The number of hydrogen-bond donors (Lipinski definition) is 0. The number of allylic oxidation sites excluding steroid dienone is 23. The van der Waals surface area contributed by atoms with Gasteiger partial charge in [0.05, 0.1) is 6.42 Å². The molecular formula is C74H120O6. The number of hydrogen-bond acceptors (Lipinski definition) is 6. The average molecular weight is 1110 g/mol. The van der Waals surface area contributed by atoms with E-state index in [0.29, 0.717) is 12.8 Å². The molecule has 0 aliphatic heterocycles. The summed E-state index contributed by atoms with van der Waals surface area (Å²) in [6.45, 7) is 6.32. The number of rotatable bonds is 58. The fourth-order valence-electron chi connectivity index (χ4n) is 8.75. The highest BCUT2D eigenvalue weighted by atomic mass is 16.6. The van der Waals surface area contributed by atoms with Crippen molar-refractivity contribution in [2.75, 3.05) is 13.2 Å². The predicted octanol–water partition coefficient (Wildman–Crippen LogP) is 22.7. The van der Waals surface area contributed by atoms with Crippen LogP contribution in [0.25, 0.3) is 0 Å². The van der Waals surface area contributed by atoms with Crippen molar-refractivity contribution in [3.05, 3.63) is 146 Å². The molecule has 0 N–H and O–H groups in total. The molecule has 1 unspecified atom stereocenters. The van der Waals surface area contributed by atoms with E-state index >= 15 is 0 Å². The third kappa shape index (κ3) is 64.1. The van der Waals surface area contributed by atoms with E-state index in [2.05, 4.69) is 154 Å². The lowest BCUT2D eigenvalue weighted by atomic mass is 10.0. The Bertz CT molecular complexity index is 1750. The van der Waals surface area contributed by atoms with Gasteiger partial charge in [-0.05, 0) is 122 Å². The summed E-state index contributed by atoms with van der Waals surface area (Å²) >= 11 is 0. The molecule has 452 valence electrons. The minimum Gasteiger partial charge on any atom is -0.462 e. The van der Waals surface area contributed by atoms with Gasteiger partial charge in [0, 0.05) is 12.8 Å². The largest absolute Gasteiger partial charge is 0.462 e. The Hall–Kier alpha value is -4.71. The van der Waals surface area contributed by atoms with Crippen LogP contribution in [0.5, 0.6) is 0 Å². The van der Waals surface area contributed by atoms with Crippen molar-refractivity contribution in [1.82, 2.24) is 0 Å². The summed E-state index contributed by atoms with van der Waals surface area (Å²) in [6, 6.07) is 0. The molecule has 0 fully saturated rings. The van der Waals surface area contributed by atoms with Crippen LogP contribution in [0.2, 0.25) is 0 Å². The average Bonchev–Trinajstić information content (AvgIpc) is 3.46. The molecule has 6 nitrogen and oxygen atoms in total. The molecule has 0 aromatic rings. The van der Waals surface area contributed by atoms with E-state index in [1.165, 1.54) is 122 Å². The van der Waals surface area contributed by atoms with Gasteiger partial charge in [0.15, 0.2) is 6.10 Å². The molecular weight excluding hydrogens is 985 g/mol. The van der Waals surface area contributed by atoms with Crippen LogP contribution in [-0.4, -0.2) is 37.2 Å². The van der Waals surface area contributed by atoms with Crippen LogP contribution in [-0.2, 0) is 28.6 Å². The summed E-state index contributed by atoms with van der Waals surface area (Å²) in [4.78, 5) is 38.2. The molecule has 0 aromatic heterocycles. The lowest BCUT2D eigenvalue weighted by Crippen LogP contribution is -2.30. The van der Waals surface area contributed by atoms with E-state index in [1.54, 1.807) is 6.08 Å². The predicted molar refractivity (Wildman–Crippen MR) is 348 cm³/mol. The SMILES string of the molecule is CC/C=C\C/C=C\C/C=C\C/C=C\C/C=C\C/C=C\CCCCCCCCCCCCCCC(=O)OCC(COC(=O)C/C=C\C/C=C\C/C=C\C/C=C\C/C=C\CC)OC(=O)CCCCCCC/C=C\CCCCCCCCC. The minimum atomic E-state index is -0.829. The highest BCUT2D eigenvalue weighted by molar-refractivity contribution is 5.72. The van der Waals surface area contributed by atoms with Gasteiger partial charge in [-0.15, -0.1) is 0 Å². The molecule has 0 saturated heterocycles. The molecule has 0 heterocycles. The molecule has 80 heavy (non-hydrogen) atoms. The summed E-state index contributed by atoms with van der Waals surface area (Å²) in [5.74, 6) is -1.06. The molecule has 0 aromatic carbocycles. The molecule has 1 atom stereocenters. The topological polar surface area (TPSA) is 78.9 Å². The summed E-state index contributed by atoms with van der Waals surface area (Å²) in [5, 5.41) is 0. The zero-order valence-electron chi connectivity index (χ0n) is 51.8. The van der Waals surface area contributed by atoms with Crippen molar-refractivity contribution < 1.29 is 28.6 Å². The quantitative estimate of drug-likeness (QED) is 0.0261. The Morgan fingerprint density at radius 2 is 0.537 bits per heavy atom. The molecule has 0 rings (SSSR count). The van der Waals surface area contributed by atoms with Gasteiger partial charge < -0.3 is 14.2 Å². The molecule has 0 amide bonds. The second-order valence-electron chi connectivity index (χ2n) is 21.3. The molecule has 0 bridgehead atoms. The number of carbonyl (C=O) groups is 3. The highest BCUT2D eigenvalue weighted by Gasteiger charge is 2.19. The molecule has 0 radical (unpaired) electrons. The van der Waals surface area contributed by atoms with Gasteiger partial charge in [0.2, 0.25) is 0 Å². The first-order valence-electron chi connectivity index (χ1n) is 32.8. The molecule has 0 saturated carbocycles. The zero-order valence-corrected chi connectivity index (χ0v) is 51.8. The zero-order chi connectivity index (χ0) is 57.8. The summed E-state index contributed by atoms with van der Waals surface area (Å²) in [7, 11) is 0. The Morgan fingerprint density at radius 3 is 0.887 bits per heavy atom. The molecule has 0 aliphatic carbocycles. The maximum atomic E-state index is 12.9. The first kappa shape index (κ1) is 75.3. The molecule has 0 aliphatic rings. The fraction of sp³-hybridized carbons (Fsp3) is 0.635. The minimum absolute atomic E-state index is 0.116. The summed E-state index contributed by atoms with van der Waals surface area (Å²) < 4.78 is 16.8. The lowest BCUT2D eigenvalue weighted by molar-refractivity contribution is -0.166. The van der Waals surface area contributed by atoms with Gasteiger partial charge in [-0.1, -0.05) is 289 Å². The maximum Gasteiger partial charge on any atom is 0.309 e. The van der Waals surface area contributed by atoms with E-state index in [4.69, 9.17) is 14.2 Å². The third-order valence-corrected chi connectivity index (χ3v) is 13.6. The molecule has 6 heteroatoms. The van der Waals surface area contributed by atoms with Crippen molar-refractivity contribution in [1.29, 1.82) is 0 Å². The summed E-state index contributed by atoms with van der Waals surface area (Å²) in [5.41, 5.74) is 0. The van der Waals surface area contributed by atoms with Crippen LogP contribution in [0.15, 0.2) is 146 Å². The van der Waals surface area contributed by atoms with E-state index in [1.807, 2.05) is 6.08 Å². The monoisotopic (exact) mass is 1100 g/mol. The van der Waals surface area contributed by atoms with Crippen molar-refractivity contribution in [2.45, 2.75) is 290 Å². The maximum absolute atomic E-state index is 12.9. The third-order valence-electron chi connectivity index (χ3n) is 13.6. The Kier molecular flexibility index (Phi) is 62.9. The van der Waals surface area contributed by atoms with E-state index in [9.17, 15) is 14.4 Å². The van der Waals surface area contributed by atoms with Crippen LogP contribution in [0.4, 0.5) is 0 Å². The Balaban J connectivity index is 4.35. The van der Waals surface area contributed by atoms with E-state index in [-0.39, 0.29) is 31.6 Å². The second-order valence-corrected chi connectivity index (χ2v) is 21.3. The first-order chi connectivity index (χ1) is 39.5. The van der Waals surface area contributed by atoms with E-state index in [0.717, 1.165) is 122 Å². The Morgan fingerprint density at radius 1 is 0.275 bits per heavy atom. The number of carbonyl (C=O) groups excluding carboxylic acids is 3. The Labute approximate surface area is 493 Å². The lowest BCUT2D eigenvalue weighted by Gasteiger charge is -2.18. The smallest absolute Gasteiger partial charge is 0.309 e. The second kappa shape index (κ2) is 66.8. The van der Waals surface area contributed by atoms with E-state index < -0.39 is 12.1 Å². The van der Waals surface area contributed by atoms with Gasteiger partial charge in [-0.3, -0.25) is 14.4 Å². The summed E-state index contributed by atoms with van der Waals surface area (Å²) in [6.07, 6.45) is 96.0. The van der Waals surface area contributed by atoms with Crippen molar-refractivity contribution in [3.63, 3.8) is 0 Å². The number of unbranched alkanes of at least 4 members (excludes halogenated alkanes) is 24. The van der Waals surface area contributed by atoms with Crippen LogP contribution >= 0.6 is 0 Å². The van der Waals surface area contributed by atoms with Crippen molar-refractivity contribution in [2.24, 2.45) is 0 Å². The van der Waals surface area contributed by atoms with Crippen LogP contribution in [0.3, 0.4) is 0 Å². The molecule has 0 spiro atoms. The van der Waals surface area contributed by atoms with Crippen LogP contribution in [0, 0.1) is 0 Å². The normalized spacial score (nSPS) is 13.1. The van der Waals surface area contributed by atoms with Crippen LogP contribution < -0.4 is 0 Å². The van der Waals surface area contributed by atoms with Gasteiger partial charge in [-0.25, -0.2) is 0 Å². The number of ether oxygens (including phenoxy) is 3. The van der Waals surface area contributed by atoms with Crippen molar-refractivity contribution >= 4 is 17.9 Å². The van der Waals surface area contributed by atoms with Crippen LogP contribution in [0.1, 0.15) is 284 Å². The fourth-order valence-corrected chi connectivity index (χ4v) is 8.75. The van der Waals surface area contributed by atoms with Crippen molar-refractivity contribution in [3.8, 4) is 0 Å². The van der Waals surface area contributed by atoms with Gasteiger partial charge >= 0.3 is 17.9 Å². The number of esters is 3. The van der Waals surface area contributed by atoms with Gasteiger partial charge in [-0.2, -0.15) is 0 Å².